The van der Waals surface area contributed by atoms with Gasteiger partial charge in [0.1, 0.15) is 17.8 Å². The topological polar surface area (TPSA) is 96.9 Å². The summed E-state index contributed by atoms with van der Waals surface area (Å²) in [5.41, 5.74) is 4.95. The lowest BCUT2D eigenvalue weighted by molar-refractivity contribution is 0.0733. The summed E-state index contributed by atoms with van der Waals surface area (Å²) in [6.45, 7) is 3.31. The molecule has 0 saturated carbocycles. The van der Waals surface area contributed by atoms with Crippen molar-refractivity contribution in [3.63, 3.8) is 0 Å². The van der Waals surface area contributed by atoms with Crippen molar-refractivity contribution in [2.45, 2.75) is 26.4 Å². The minimum Gasteiger partial charge on any atom is -0.496 e. The number of nitriles is 1. The average molecular weight is 517 g/mol. The van der Waals surface area contributed by atoms with E-state index in [0.29, 0.717) is 47.9 Å². The van der Waals surface area contributed by atoms with Crippen LogP contribution in [0.4, 0.5) is 0 Å². The van der Waals surface area contributed by atoms with Crippen LogP contribution in [-0.2, 0) is 19.5 Å². The van der Waals surface area contributed by atoms with Crippen LogP contribution in [0.25, 0.3) is 10.9 Å². The first-order valence-corrected chi connectivity index (χ1v) is 12.7. The van der Waals surface area contributed by atoms with Gasteiger partial charge in [0.25, 0.3) is 5.91 Å². The van der Waals surface area contributed by atoms with Gasteiger partial charge in [-0.15, -0.1) is 10.2 Å². The van der Waals surface area contributed by atoms with E-state index in [1.165, 1.54) is 5.56 Å². The number of para-hydroxylation sites is 1. The Morgan fingerprint density at radius 1 is 1.03 bits per heavy atom. The Morgan fingerprint density at radius 3 is 2.51 bits per heavy atom. The zero-order valence-corrected chi connectivity index (χ0v) is 21.9. The Balaban J connectivity index is 1.44. The molecular formula is C31H28N6O2. The number of carbonyl (C=O) groups is 1. The molecule has 0 N–H and O–H groups in total. The van der Waals surface area contributed by atoms with Crippen LogP contribution in [0.5, 0.6) is 5.75 Å². The van der Waals surface area contributed by atoms with E-state index in [-0.39, 0.29) is 12.5 Å². The van der Waals surface area contributed by atoms with Crippen molar-refractivity contribution < 1.29 is 9.53 Å². The molecule has 1 amide bonds. The summed E-state index contributed by atoms with van der Waals surface area (Å²) in [6, 6.07) is 27.2. The van der Waals surface area contributed by atoms with Crippen LogP contribution in [0.15, 0.2) is 85.2 Å². The first-order chi connectivity index (χ1) is 19.0. The number of hydrogen-bond donors (Lipinski definition) is 0. The highest BCUT2D eigenvalue weighted by Gasteiger charge is 2.22. The molecule has 8 nitrogen and oxygen atoms in total. The Bertz CT molecular complexity index is 1640. The Morgan fingerprint density at radius 2 is 1.77 bits per heavy atom. The molecule has 8 heteroatoms. The minimum atomic E-state index is -0.209. The van der Waals surface area contributed by atoms with E-state index < -0.39 is 0 Å². The Kier molecular flexibility index (Phi) is 7.60. The largest absolute Gasteiger partial charge is 0.496 e. The molecule has 0 bridgehead atoms. The van der Waals surface area contributed by atoms with E-state index in [4.69, 9.17) is 10.00 Å². The molecule has 0 aliphatic heterocycles. The molecule has 5 rings (SSSR count). The lowest BCUT2D eigenvalue weighted by atomic mass is 10.1. The summed E-state index contributed by atoms with van der Waals surface area (Å²) in [7, 11) is 1.59. The predicted molar refractivity (Wildman–Crippen MR) is 148 cm³/mol. The normalized spacial score (nSPS) is 10.8. The number of rotatable bonds is 9. The molecule has 0 atom stereocenters. The zero-order valence-electron chi connectivity index (χ0n) is 21.9. The maximum atomic E-state index is 13.9. The van der Waals surface area contributed by atoms with Crippen molar-refractivity contribution >= 4 is 16.8 Å². The van der Waals surface area contributed by atoms with Crippen molar-refractivity contribution in [2.75, 3.05) is 13.7 Å². The lowest BCUT2D eigenvalue weighted by Gasteiger charge is -2.23. The SMILES string of the molecule is COc1cc(C(=O)N(CCc2ccc(C)cc2)Cc2nncn2Cc2ccc(C#N)cc2)nc2ccccc12. The molecular weight excluding hydrogens is 488 g/mol. The quantitative estimate of drug-likeness (QED) is 0.275. The maximum Gasteiger partial charge on any atom is 0.273 e. The average Bonchev–Trinajstić information content (AvgIpc) is 3.41. The highest BCUT2D eigenvalue weighted by atomic mass is 16.5. The molecule has 0 unspecified atom stereocenters. The van der Waals surface area contributed by atoms with Crippen LogP contribution in [-0.4, -0.2) is 44.2 Å². The van der Waals surface area contributed by atoms with E-state index in [9.17, 15) is 4.79 Å². The van der Waals surface area contributed by atoms with E-state index in [1.807, 2.05) is 41.0 Å². The molecule has 39 heavy (non-hydrogen) atoms. The number of carbonyl (C=O) groups excluding carboxylic acids is 1. The van der Waals surface area contributed by atoms with Crippen LogP contribution in [0, 0.1) is 18.3 Å². The van der Waals surface area contributed by atoms with Crippen molar-refractivity contribution in [2.24, 2.45) is 0 Å². The summed E-state index contributed by atoms with van der Waals surface area (Å²) < 4.78 is 7.51. The number of fused-ring (bicyclic) bond motifs is 1. The van der Waals surface area contributed by atoms with Gasteiger partial charge in [-0.25, -0.2) is 4.98 Å². The number of aromatic nitrogens is 4. The van der Waals surface area contributed by atoms with Gasteiger partial charge in [0.05, 0.1) is 37.3 Å². The predicted octanol–water partition coefficient (Wildman–Crippen LogP) is 4.95. The third-order valence-corrected chi connectivity index (χ3v) is 6.66. The van der Waals surface area contributed by atoms with Gasteiger partial charge in [0.15, 0.2) is 5.82 Å². The van der Waals surface area contributed by atoms with Crippen LogP contribution in [0.1, 0.15) is 38.6 Å². The lowest BCUT2D eigenvalue weighted by Crippen LogP contribution is -2.34. The summed E-state index contributed by atoms with van der Waals surface area (Å²) >= 11 is 0. The van der Waals surface area contributed by atoms with Gasteiger partial charge in [-0.05, 0) is 48.7 Å². The summed E-state index contributed by atoms with van der Waals surface area (Å²) in [5.74, 6) is 1.05. The van der Waals surface area contributed by atoms with Gasteiger partial charge >= 0.3 is 0 Å². The van der Waals surface area contributed by atoms with Crippen molar-refractivity contribution in [1.82, 2.24) is 24.6 Å². The molecule has 194 valence electrons. The minimum absolute atomic E-state index is 0.209. The monoisotopic (exact) mass is 516 g/mol. The van der Waals surface area contributed by atoms with E-state index >= 15 is 0 Å². The Hall–Kier alpha value is -5.03. The van der Waals surface area contributed by atoms with E-state index in [0.717, 1.165) is 16.5 Å². The fraction of sp³-hybridized carbons (Fsp3) is 0.194. The summed E-state index contributed by atoms with van der Waals surface area (Å²) in [5, 5.41) is 18.4. The van der Waals surface area contributed by atoms with Crippen molar-refractivity contribution in [3.05, 3.63) is 119 Å². The molecule has 0 spiro atoms. The standard InChI is InChI=1S/C31H28N6O2/c1-22-7-9-23(10-8-22)15-16-36(31(38)28-17-29(39-2)26-5-3-4-6-27(26)34-28)20-30-35-33-21-37(30)19-25-13-11-24(18-32)12-14-25/h3-14,17,21H,15-16,19-20H2,1-2H3. The molecule has 2 heterocycles. The van der Waals surface area contributed by atoms with Gasteiger partial charge in [-0.1, -0.05) is 54.1 Å². The number of nitrogens with zero attached hydrogens (tertiary/aromatic N) is 6. The molecule has 3 aromatic carbocycles. The third kappa shape index (κ3) is 5.94. The number of aryl methyl sites for hydroxylation is 1. The number of amides is 1. The molecule has 0 aliphatic carbocycles. The summed E-state index contributed by atoms with van der Waals surface area (Å²) in [4.78, 5) is 20.3. The van der Waals surface area contributed by atoms with Crippen molar-refractivity contribution in [1.29, 1.82) is 5.26 Å². The van der Waals surface area contributed by atoms with Gasteiger partial charge in [-0.2, -0.15) is 5.26 Å². The third-order valence-electron chi connectivity index (χ3n) is 6.66. The molecule has 0 radical (unpaired) electrons. The number of hydrogen-bond acceptors (Lipinski definition) is 6. The molecule has 0 saturated heterocycles. The molecule has 5 aromatic rings. The molecule has 0 fully saturated rings. The van der Waals surface area contributed by atoms with Gasteiger partial charge in [-0.3, -0.25) is 4.79 Å². The fourth-order valence-corrected chi connectivity index (χ4v) is 4.44. The second kappa shape index (κ2) is 11.6. The molecule has 2 aromatic heterocycles. The number of pyridine rings is 1. The first-order valence-electron chi connectivity index (χ1n) is 12.7. The van der Waals surface area contributed by atoms with Crippen molar-refractivity contribution in [3.8, 4) is 11.8 Å². The number of ether oxygens (including phenoxy) is 1. The smallest absolute Gasteiger partial charge is 0.273 e. The van der Waals surface area contributed by atoms with Gasteiger partial charge in [0, 0.05) is 18.0 Å². The first kappa shape index (κ1) is 25.6. The zero-order chi connectivity index (χ0) is 27.2. The van der Waals surface area contributed by atoms with Crippen LogP contribution in [0.3, 0.4) is 0 Å². The molecule has 0 aliphatic rings. The van der Waals surface area contributed by atoms with E-state index in [2.05, 4.69) is 52.4 Å². The van der Waals surface area contributed by atoms with E-state index in [1.54, 1.807) is 36.5 Å². The summed E-state index contributed by atoms with van der Waals surface area (Å²) in [6.07, 6.45) is 2.34. The highest BCUT2D eigenvalue weighted by Crippen LogP contribution is 2.26. The number of benzene rings is 3. The van der Waals surface area contributed by atoms with Crippen LogP contribution < -0.4 is 4.74 Å². The van der Waals surface area contributed by atoms with Crippen LogP contribution in [0.2, 0.25) is 0 Å². The van der Waals surface area contributed by atoms with Gasteiger partial charge < -0.3 is 14.2 Å². The Labute approximate surface area is 227 Å². The van der Waals surface area contributed by atoms with Gasteiger partial charge in [0.2, 0.25) is 0 Å². The number of methoxy groups -OCH3 is 1. The maximum absolute atomic E-state index is 13.9. The highest BCUT2D eigenvalue weighted by molar-refractivity contribution is 5.97. The second-order valence-corrected chi connectivity index (χ2v) is 9.37. The fourth-order valence-electron chi connectivity index (χ4n) is 4.44. The second-order valence-electron chi connectivity index (χ2n) is 9.37. The van der Waals surface area contributed by atoms with Crippen LogP contribution >= 0.6 is 0 Å².